The zero-order valence-electron chi connectivity index (χ0n) is 5.01. The second kappa shape index (κ2) is 2.01. The van der Waals surface area contributed by atoms with Crippen LogP contribution in [0.1, 0.15) is 6.92 Å². The van der Waals surface area contributed by atoms with Crippen molar-refractivity contribution < 1.29 is 14.3 Å². The maximum Gasteiger partial charge on any atom is 0.341 e. The Balaban J connectivity index is 2.80. The van der Waals surface area contributed by atoms with Gasteiger partial charge in [0.2, 0.25) is 0 Å². The Morgan fingerprint density at radius 3 is 2.67 bits per heavy atom. The van der Waals surface area contributed by atoms with Crippen LogP contribution in [0.4, 0.5) is 0 Å². The van der Waals surface area contributed by atoms with Crippen molar-refractivity contribution in [2.75, 3.05) is 6.61 Å². The fourth-order valence-corrected chi connectivity index (χ4v) is 0.649. The zero-order valence-corrected chi connectivity index (χ0v) is 5.01. The largest absolute Gasteiger partial charge is 0.458 e. The fourth-order valence-electron chi connectivity index (χ4n) is 0.649. The summed E-state index contributed by atoms with van der Waals surface area (Å²) < 4.78 is 4.47. The molecule has 0 bridgehead atoms. The maximum atomic E-state index is 10.5. The van der Waals surface area contributed by atoms with E-state index in [4.69, 9.17) is 0 Å². The predicted molar refractivity (Wildman–Crippen MR) is 29.7 cm³/mol. The molecule has 0 N–H and O–H groups in total. The van der Waals surface area contributed by atoms with Gasteiger partial charge in [0, 0.05) is 0 Å². The summed E-state index contributed by atoms with van der Waals surface area (Å²) in [6.45, 7) is 1.59. The van der Waals surface area contributed by atoms with Gasteiger partial charge >= 0.3 is 5.97 Å². The molecule has 1 aliphatic rings. The number of Topliss-reactive ketones (excluding diaryl/α,β-unsaturated/α-hetero) is 1. The minimum absolute atomic E-state index is 0.176. The van der Waals surface area contributed by atoms with Crippen LogP contribution in [0.3, 0.4) is 0 Å². The van der Waals surface area contributed by atoms with Crippen LogP contribution in [0.15, 0.2) is 11.6 Å². The van der Waals surface area contributed by atoms with E-state index in [1.54, 1.807) is 0 Å². The minimum atomic E-state index is -0.498. The summed E-state index contributed by atoms with van der Waals surface area (Å²) in [5.41, 5.74) is 0.176. The molecule has 0 radical (unpaired) electrons. The number of ether oxygens (including phenoxy) is 1. The first-order valence-corrected chi connectivity index (χ1v) is 2.60. The van der Waals surface area contributed by atoms with Crippen molar-refractivity contribution >= 4 is 11.8 Å². The van der Waals surface area contributed by atoms with E-state index < -0.39 is 5.97 Å². The van der Waals surface area contributed by atoms with E-state index in [2.05, 4.69) is 4.74 Å². The number of cyclic esters (lactones) is 1. The topological polar surface area (TPSA) is 43.4 Å². The first-order valence-electron chi connectivity index (χ1n) is 2.60. The van der Waals surface area contributed by atoms with E-state index in [1.807, 2.05) is 0 Å². The molecule has 0 saturated heterocycles. The first kappa shape index (κ1) is 6.01. The predicted octanol–water partition coefficient (Wildman–Crippen LogP) is 0.0586. The van der Waals surface area contributed by atoms with Crippen LogP contribution < -0.4 is 0 Å². The van der Waals surface area contributed by atoms with Gasteiger partial charge in [0.15, 0.2) is 5.78 Å². The number of esters is 1. The SMILES string of the molecule is CC(=O)C1=CCOC1=O. The molecule has 0 amide bonds. The molecule has 48 valence electrons. The molecule has 0 spiro atoms. The van der Waals surface area contributed by atoms with Crippen LogP contribution in [-0.2, 0) is 14.3 Å². The molecule has 0 aliphatic carbocycles. The smallest absolute Gasteiger partial charge is 0.341 e. The molecular formula is C6H6O3. The number of hydrogen-bond donors (Lipinski definition) is 0. The van der Waals surface area contributed by atoms with Crippen molar-refractivity contribution in [3.05, 3.63) is 11.6 Å². The summed E-state index contributed by atoms with van der Waals surface area (Å²) in [5.74, 6) is -0.722. The lowest BCUT2D eigenvalue weighted by Gasteiger charge is -1.89. The molecule has 0 fully saturated rings. The van der Waals surface area contributed by atoms with E-state index in [0.29, 0.717) is 0 Å². The van der Waals surface area contributed by atoms with Gasteiger partial charge < -0.3 is 4.74 Å². The summed E-state index contributed by atoms with van der Waals surface area (Å²) in [7, 11) is 0. The lowest BCUT2D eigenvalue weighted by Crippen LogP contribution is -2.05. The number of rotatable bonds is 1. The van der Waals surface area contributed by atoms with Crippen LogP contribution in [-0.4, -0.2) is 18.4 Å². The van der Waals surface area contributed by atoms with Crippen LogP contribution in [0, 0.1) is 0 Å². The number of carbonyl (C=O) groups is 2. The van der Waals surface area contributed by atoms with E-state index in [-0.39, 0.29) is 18.0 Å². The van der Waals surface area contributed by atoms with Crippen LogP contribution in [0.25, 0.3) is 0 Å². The second-order valence-electron chi connectivity index (χ2n) is 1.77. The van der Waals surface area contributed by atoms with Crippen LogP contribution in [0.5, 0.6) is 0 Å². The molecule has 0 atom stereocenters. The molecule has 0 aromatic heterocycles. The third-order valence-electron chi connectivity index (χ3n) is 1.10. The molecule has 1 rings (SSSR count). The standard InChI is InChI=1S/C6H6O3/c1-4(7)5-2-3-9-6(5)8/h2H,3H2,1H3. The average Bonchev–Trinajstić information content (AvgIpc) is 2.13. The van der Waals surface area contributed by atoms with Gasteiger partial charge in [-0.3, -0.25) is 4.79 Å². The Morgan fingerprint density at radius 2 is 2.44 bits per heavy atom. The zero-order chi connectivity index (χ0) is 6.85. The second-order valence-corrected chi connectivity index (χ2v) is 1.77. The van der Waals surface area contributed by atoms with Gasteiger partial charge in [-0.15, -0.1) is 0 Å². The van der Waals surface area contributed by atoms with E-state index in [9.17, 15) is 9.59 Å². The van der Waals surface area contributed by atoms with Gasteiger partial charge in [-0.2, -0.15) is 0 Å². The van der Waals surface area contributed by atoms with E-state index in [0.717, 1.165) is 0 Å². The average molecular weight is 126 g/mol. The lowest BCUT2D eigenvalue weighted by atomic mass is 10.2. The highest BCUT2D eigenvalue weighted by Crippen LogP contribution is 2.06. The molecule has 0 aromatic carbocycles. The molecule has 1 heterocycles. The normalized spacial score (nSPS) is 17.0. The van der Waals surface area contributed by atoms with Gasteiger partial charge in [0.05, 0.1) is 0 Å². The van der Waals surface area contributed by atoms with Crippen molar-refractivity contribution in [2.24, 2.45) is 0 Å². The Hall–Kier alpha value is -1.12. The Labute approximate surface area is 52.3 Å². The van der Waals surface area contributed by atoms with Gasteiger partial charge in [0.25, 0.3) is 0 Å². The molecule has 0 saturated carbocycles. The van der Waals surface area contributed by atoms with Crippen molar-refractivity contribution in [1.82, 2.24) is 0 Å². The third kappa shape index (κ3) is 0.988. The van der Waals surface area contributed by atoms with Crippen molar-refractivity contribution in [3.8, 4) is 0 Å². The molecule has 0 aromatic rings. The van der Waals surface area contributed by atoms with Crippen LogP contribution in [0.2, 0.25) is 0 Å². The van der Waals surface area contributed by atoms with Crippen molar-refractivity contribution in [2.45, 2.75) is 6.92 Å². The highest BCUT2D eigenvalue weighted by molar-refractivity contribution is 6.17. The van der Waals surface area contributed by atoms with Gasteiger partial charge in [0.1, 0.15) is 12.2 Å². The molecule has 3 nitrogen and oxygen atoms in total. The molecule has 0 unspecified atom stereocenters. The minimum Gasteiger partial charge on any atom is -0.458 e. The van der Waals surface area contributed by atoms with Crippen LogP contribution >= 0.6 is 0 Å². The Morgan fingerprint density at radius 1 is 1.78 bits per heavy atom. The number of ketones is 1. The monoisotopic (exact) mass is 126 g/mol. The highest BCUT2D eigenvalue weighted by atomic mass is 16.5. The molecule has 9 heavy (non-hydrogen) atoms. The quantitative estimate of drug-likeness (QED) is 0.368. The Bertz CT molecular complexity index is 190. The van der Waals surface area contributed by atoms with Crippen molar-refractivity contribution in [1.29, 1.82) is 0 Å². The third-order valence-corrected chi connectivity index (χ3v) is 1.10. The summed E-state index contributed by atoms with van der Waals surface area (Å²) >= 11 is 0. The summed E-state index contributed by atoms with van der Waals surface area (Å²) in [6.07, 6.45) is 1.49. The molecule has 1 aliphatic heterocycles. The van der Waals surface area contributed by atoms with Gasteiger partial charge in [-0.1, -0.05) is 0 Å². The van der Waals surface area contributed by atoms with Crippen molar-refractivity contribution in [3.63, 3.8) is 0 Å². The summed E-state index contributed by atoms with van der Waals surface area (Å²) in [4.78, 5) is 21.0. The fraction of sp³-hybridized carbons (Fsp3) is 0.333. The number of hydrogen-bond acceptors (Lipinski definition) is 3. The highest BCUT2D eigenvalue weighted by Gasteiger charge is 2.19. The maximum absolute atomic E-state index is 10.5. The summed E-state index contributed by atoms with van der Waals surface area (Å²) in [6, 6.07) is 0. The number of carbonyl (C=O) groups excluding carboxylic acids is 2. The van der Waals surface area contributed by atoms with E-state index >= 15 is 0 Å². The molecular weight excluding hydrogens is 120 g/mol. The lowest BCUT2D eigenvalue weighted by molar-refractivity contribution is -0.137. The summed E-state index contributed by atoms with van der Waals surface area (Å²) in [5, 5.41) is 0. The first-order chi connectivity index (χ1) is 4.22. The molecule has 3 heteroatoms. The van der Waals surface area contributed by atoms with Gasteiger partial charge in [-0.25, -0.2) is 4.79 Å². The van der Waals surface area contributed by atoms with E-state index in [1.165, 1.54) is 13.0 Å². The van der Waals surface area contributed by atoms with Gasteiger partial charge in [-0.05, 0) is 13.0 Å². The Kier molecular flexibility index (Phi) is 1.34.